The molecule has 0 saturated heterocycles. The smallest absolute Gasteiger partial charge is 0.268 e. The van der Waals surface area contributed by atoms with Crippen molar-refractivity contribution in [2.24, 2.45) is 0 Å². The first-order chi connectivity index (χ1) is 37.0. The molecule has 0 aromatic carbocycles. The van der Waals surface area contributed by atoms with Crippen molar-refractivity contribution in [2.45, 2.75) is 270 Å². The number of likely N-dealkylation sites (N-methyl/N-ethyl adjacent to an activating group) is 1. The Morgan fingerprint density at radius 3 is 1.22 bits per heavy atom. The van der Waals surface area contributed by atoms with E-state index in [1.54, 1.807) is 6.08 Å². The number of phosphoric ester groups is 1. The average molecular weight is 1080 g/mol. The van der Waals surface area contributed by atoms with E-state index in [-0.39, 0.29) is 12.5 Å². The average Bonchev–Trinajstić information content (AvgIpc) is 3.38. The summed E-state index contributed by atoms with van der Waals surface area (Å²) in [4.78, 5) is 25.5. The van der Waals surface area contributed by atoms with Crippen molar-refractivity contribution in [1.82, 2.24) is 5.32 Å². The zero-order chi connectivity index (χ0) is 55.6. The van der Waals surface area contributed by atoms with E-state index in [0.717, 1.165) is 83.5 Å². The van der Waals surface area contributed by atoms with Gasteiger partial charge in [-0.05, 0) is 96.3 Å². The van der Waals surface area contributed by atoms with Gasteiger partial charge in [0.25, 0.3) is 7.82 Å². The van der Waals surface area contributed by atoms with E-state index in [2.05, 4.69) is 116 Å². The van der Waals surface area contributed by atoms with Gasteiger partial charge in [-0.15, -0.1) is 0 Å². The van der Waals surface area contributed by atoms with E-state index in [1.807, 2.05) is 27.2 Å². The number of carbonyl (C=O) groups excluding carboxylic acids is 1. The van der Waals surface area contributed by atoms with Crippen LogP contribution >= 0.6 is 7.82 Å². The Kier molecular flexibility index (Phi) is 54.7. The van der Waals surface area contributed by atoms with E-state index in [0.29, 0.717) is 17.4 Å². The van der Waals surface area contributed by atoms with Crippen molar-refractivity contribution in [3.05, 3.63) is 109 Å². The molecule has 76 heavy (non-hydrogen) atoms. The highest BCUT2D eigenvalue weighted by Gasteiger charge is 2.23. The van der Waals surface area contributed by atoms with Crippen LogP contribution in [0, 0.1) is 0 Å². The molecule has 1 amide bonds. The van der Waals surface area contributed by atoms with Crippen LogP contribution in [0.4, 0.5) is 0 Å². The number of aliphatic hydroxyl groups is 1. The van der Waals surface area contributed by atoms with Crippen molar-refractivity contribution >= 4 is 13.7 Å². The van der Waals surface area contributed by atoms with Crippen LogP contribution in [0.15, 0.2) is 109 Å². The number of aliphatic hydroxyl groups excluding tert-OH is 1. The van der Waals surface area contributed by atoms with Gasteiger partial charge < -0.3 is 28.8 Å². The Labute approximate surface area is 470 Å². The third kappa shape index (κ3) is 58.8. The summed E-state index contributed by atoms with van der Waals surface area (Å²) in [6.07, 6.45) is 83.2. The summed E-state index contributed by atoms with van der Waals surface area (Å²) in [5.41, 5.74) is 0. The zero-order valence-electron chi connectivity index (χ0n) is 49.9. The Bertz CT molecular complexity index is 1600. The Morgan fingerprint density at radius 2 is 0.816 bits per heavy atom. The van der Waals surface area contributed by atoms with Crippen LogP contribution in [0.1, 0.15) is 258 Å². The first kappa shape index (κ1) is 73.2. The number of nitrogens with zero attached hydrogens (tertiary/aromatic N) is 1. The van der Waals surface area contributed by atoms with Gasteiger partial charge in [0.2, 0.25) is 5.91 Å². The van der Waals surface area contributed by atoms with Crippen molar-refractivity contribution in [2.75, 3.05) is 40.9 Å². The van der Waals surface area contributed by atoms with Gasteiger partial charge in [0.1, 0.15) is 13.2 Å². The first-order valence-corrected chi connectivity index (χ1v) is 32.7. The van der Waals surface area contributed by atoms with Gasteiger partial charge >= 0.3 is 0 Å². The van der Waals surface area contributed by atoms with Crippen LogP contribution in [0.5, 0.6) is 0 Å². The molecule has 0 aromatic heterocycles. The molecule has 0 aliphatic rings. The van der Waals surface area contributed by atoms with E-state index in [9.17, 15) is 19.4 Å². The summed E-state index contributed by atoms with van der Waals surface area (Å²) in [7, 11) is 1.23. The molecule has 9 heteroatoms. The minimum absolute atomic E-state index is 0.0132. The van der Waals surface area contributed by atoms with Crippen molar-refractivity contribution in [3.8, 4) is 0 Å². The number of hydrogen-bond donors (Lipinski definition) is 2. The molecular formula is C67H119N2O6P. The van der Waals surface area contributed by atoms with Crippen LogP contribution in [0.3, 0.4) is 0 Å². The van der Waals surface area contributed by atoms with Gasteiger partial charge in [-0.25, -0.2) is 0 Å². The highest BCUT2D eigenvalue weighted by atomic mass is 31.2. The molecule has 0 bridgehead atoms. The predicted molar refractivity (Wildman–Crippen MR) is 329 cm³/mol. The number of amides is 1. The molecule has 0 aromatic rings. The van der Waals surface area contributed by atoms with Gasteiger partial charge in [-0.3, -0.25) is 9.36 Å². The van der Waals surface area contributed by atoms with Crippen LogP contribution in [0.2, 0.25) is 0 Å². The molecule has 0 spiro atoms. The molecule has 0 rings (SSSR count). The van der Waals surface area contributed by atoms with Crippen LogP contribution < -0.4 is 10.2 Å². The number of quaternary nitrogens is 1. The summed E-state index contributed by atoms with van der Waals surface area (Å²) >= 11 is 0. The van der Waals surface area contributed by atoms with Crippen molar-refractivity contribution < 1.29 is 32.9 Å². The number of carbonyl (C=O) groups is 1. The van der Waals surface area contributed by atoms with Crippen LogP contribution in [-0.4, -0.2) is 68.5 Å². The summed E-state index contributed by atoms with van der Waals surface area (Å²) in [6.45, 7) is 4.51. The number of unbranched alkanes of at least 4 members (excludes halogenated alkanes) is 27. The standard InChI is InChI=1S/C67H119N2O6P/c1-6-8-10-12-14-16-18-20-22-24-26-28-29-30-31-32-33-34-35-36-37-38-39-41-43-45-47-49-51-53-55-57-59-61-67(71)68-65(64-75-76(72,73)74-63-62-69(3,4)5)66(70)60-58-56-54-52-50-48-46-44-42-40-27-25-23-21-19-17-15-13-11-9-7-2/h8,10,14,16,20,22,26,28,30-31,33-34,42,44,50,52,58,60,65-66,70H,6-7,9,11-13,15,17-19,21,23-25,27,29,32,35-41,43,45-49,51,53-57,59,61-64H2,1-5H3,(H-,68,71,72,73)/b10-8-,16-14-,22-20-,28-26-,31-30-,34-33-,44-42+,52-50+,60-58+. The normalized spacial score (nSPS) is 14.6. The fourth-order valence-electron chi connectivity index (χ4n) is 8.60. The summed E-state index contributed by atoms with van der Waals surface area (Å²) in [5, 5.41) is 13.9. The minimum atomic E-state index is -4.62. The van der Waals surface area contributed by atoms with E-state index >= 15 is 0 Å². The molecule has 0 heterocycles. The molecule has 438 valence electrons. The Morgan fingerprint density at radius 1 is 0.474 bits per heavy atom. The lowest BCUT2D eigenvalue weighted by Gasteiger charge is -2.29. The lowest BCUT2D eigenvalue weighted by molar-refractivity contribution is -0.870. The maximum atomic E-state index is 13.0. The molecule has 3 atom stereocenters. The summed E-state index contributed by atoms with van der Waals surface area (Å²) in [5.74, 6) is -0.214. The number of phosphoric acid groups is 1. The maximum Gasteiger partial charge on any atom is 0.268 e. The number of hydrogen-bond acceptors (Lipinski definition) is 6. The van der Waals surface area contributed by atoms with Crippen LogP contribution in [-0.2, 0) is 18.4 Å². The van der Waals surface area contributed by atoms with Gasteiger partial charge in [-0.2, -0.15) is 0 Å². The summed E-state index contributed by atoms with van der Waals surface area (Å²) < 4.78 is 23.4. The van der Waals surface area contributed by atoms with E-state index in [4.69, 9.17) is 9.05 Å². The van der Waals surface area contributed by atoms with E-state index < -0.39 is 26.6 Å². The van der Waals surface area contributed by atoms with Crippen molar-refractivity contribution in [1.29, 1.82) is 0 Å². The van der Waals surface area contributed by atoms with Crippen LogP contribution in [0.25, 0.3) is 0 Å². The molecule has 3 unspecified atom stereocenters. The molecule has 2 N–H and O–H groups in total. The topological polar surface area (TPSA) is 108 Å². The molecule has 0 fully saturated rings. The van der Waals surface area contributed by atoms with Gasteiger partial charge in [0.05, 0.1) is 39.9 Å². The van der Waals surface area contributed by atoms with Gasteiger partial charge in [0.15, 0.2) is 0 Å². The molecule has 8 nitrogen and oxygen atoms in total. The molecule has 0 radical (unpaired) electrons. The monoisotopic (exact) mass is 1080 g/mol. The van der Waals surface area contributed by atoms with Gasteiger partial charge in [-0.1, -0.05) is 264 Å². The SMILES string of the molecule is CC/C=C\C/C=C\C/C=C\C/C=C\C/C=C\C/C=C\CCCCCCCCCCCCCCCCC(=O)NC(COP(=O)([O-])OCC[N+](C)(C)C)C(O)/C=C/CC/C=C/CC/C=C/CCCCCCCCCCCCC. The first-order valence-electron chi connectivity index (χ1n) is 31.2. The second-order valence-electron chi connectivity index (χ2n) is 22.0. The molecular weight excluding hydrogens is 960 g/mol. The molecule has 0 aliphatic heterocycles. The zero-order valence-corrected chi connectivity index (χ0v) is 50.8. The number of nitrogens with one attached hydrogen (secondary N) is 1. The highest BCUT2D eigenvalue weighted by Crippen LogP contribution is 2.38. The van der Waals surface area contributed by atoms with Crippen molar-refractivity contribution in [3.63, 3.8) is 0 Å². The largest absolute Gasteiger partial charge is 0.756 e. The van der Waals surface area contributed by atoms with E-state index in [1.165, 1.54) is 154 Å². The highest BCUT2D eigenvalue weighted by molar-refractivity contribution is 7.45. The Balaban J connectivity index is 4.19. The second kappa shape index (κ2) is 56.9. The molecule has 0 saturated carbocycles. The summed E-state index contributed by atoms with van der Waals surface area (Å²) in [6, 6.07) is -0.917. The Hall–Kier alpha value is -2.84. The lowest BCUT2D eigenvalue weighted by Crippen LogP contribution is -2.45. The quantitative estimate of drug-likeness (QED) is 0.0272. The minimum Gasteiger partial charge on any atom is -0.756 e. The third-order valence-electron chi connectivity index (χ3n) is 13.4. The fraction of sp³-hybridized carbons (Fsp3) is 0.716. The lowest BCUT2D eigenvalue weighted by atomic mass is 10.0. The fourth-order valence-corrected chi connectivity index (χ4v) is 9.32. The maximum absolute atomic E-state index is 13.0. The van der Waals surface area contributed by atoms with Gasteiger partial charge in [0, 0.05) is 6.42 Å². The number of rotatable bonds is 56. The third-order valence-corrected chi connectivity index (χ3v) is 14.4. The number of allylic oxidation sites excluding steroid dienone is 17. The second-order valence-corrected chi connectivity index (χ2v) is 23.4. The predicted octanol–water partition coefficient (Wildman–Crippen LogP) is 18.9. The molecule has 0 aliphatic carbocycles.